The van der Waals surface area contributed by atoms with E-state index in [0.717, 1.165) is 12.8 Å². The molecule has 0 unspecified atom stereocenters. The lowest BCUT2D eigenvalue weighted by atomic mass is 10.2. The number of nitrogens with zero attached hydrogens (tertiary/aromatic N) is 1. The molecular formula is C24H24N2O5S. The van der Waals surface area contributed by atoms with E-state index >= 15 is 0 Å². The van der Waals surface area contributed by atoms with Crippen LogP contribution in [0.2, 0.25) is 0 Å². The number of carbonyl (C=O) groups is 1. The molecule has 0 saturated carbocycles. The van der Waals surface area contributed by atoms with Crippen molar-refractivity contribution in [3.8, 4) is 17.2 Å². The van der Waals surface area contributed by atoms with Crippen LogP contribution in [0.4, 0.5) is 5.69 Å². The van der Waals surface area contributed by atoms with Crippen LogP contribution in [0.15, 0.2) is 77.7 Å². The zero-order chi connectivity index (χ0) is 22.6. The van der Waals surface area contributed by atoms with Crippen LogP contribution in [-0.4, -0.2) is 38.8 Å². The second-order valence-corrected chi connectivity index (χ2v) is 9.30. The number of rotatable bonds is 7. The Morgan fingerprint density at radius 2 is 1.56 bits per heavy atom. The molecule has 4 rings (SSSR count). The van der Waals surface area contributed by atoms with Gasteiger partial charge >= 0.3 is 0 Å². The van der Waals surface area contributed by atoms with Crippen LogP contribution in [0, 0.1) is 0 Å². The first kappa shape index (κ1) is 21.9. The second-order valence-electron chi connectivity index (χ2n) is 7.37. The third-order valence-electron chi connectivity index (χ3n) is 5.21. The third-order valence-corrected chi connectivity index (χ3v) is 7.10. The standard InChI is InChI=1S/C24H24N2O5S/c1-30-23-14-13-21(32(28,29)26-15-5-6-16-26)17-22(23)24(27)25-18-9-11-20(12-10-18)31-19-7-3-2-4-8-19/h2-4,7-14,17H,5-6,15-16H2,1H3,(H,25,27). The Morgan fingerprint density at radius 1 is 0.906 bits per heavy atom. The Bertz CT molecular complexity index is 1190. The predicted molar refractivity (Wildman–Crippen MR) is 122 cm³/mol. The number of carbonyl (C=O) groups excluding carboxylic acids is 1. The zero-order valence-corrected chi connectivity index (χ0v) is 18.5. The average molecular weight is 453 g/mol. The SMILES string of the molecule is COc1ccc(S(=O)(=O)N2CCCC2)cc1C(=O)Nc1ccc(Oc2ccccc2)cc1. The van der Waals surface area contributed by atoms with E-state index in [1.807, 2.05) is 30.3 Å². The van der Waals surface area contributed by atoms with Crippen LogP contribution in [0.25, 0.3) is 0 Å². The molecule has 3 aromatic carbocycles. The highest BCUT2D eigenvalue weighted by molar-refractivity contribution is 7.89. The van der Waals surface area contributed by atoms with Crippen LogP contribution >= 0.6 is 0 Å². The molecule has 8 heteroatoms. The number of sulfonamides is 1. The van der Waals surface area contributed by atoms with Gasteiger partial charge in [0.05, 0.1) is 17.6 Å². The van der Waals surface area contributed by atoms with E-state index in [4.69, 9.17) is 9.47 Å². The minimum atomic E-state index is -3.65. The monoisotopic (exact) mass is 452 g/mol. The molecular weight excluding hydrogens is 428 g/mol. The Balaban J connectivity index is 1.52. The summed E-state index contributed by atoms with van der Waals surface area (Å²) in [6, 6.07) is 20.7. The van der Waals surface area contributed by atoms with Crippen molar-refractivity contribution in [1.29, 1.82) is 0 Å². The van der Waals surface area contributed by atoms with Gasteiger partial charge in [0, 0.05) is 18.8 Å². The van der Waals surface area contributed by atoms with Gasteiger partial charge in [0.15, 0.2) is 0 Å². The summed E-state index contributed by atoms with van der Waals surface area (Å²) in [4.78, 5) is 13.0. The number of hydrogen-bond donors (Lipinski definition) is 1. The molecule has 32 heavy (non-hydrogen) atoms. The topological polar surface area (TPSA) is 84.9 Å². The fourth-order valence-electron chi connectivity index (χ4n) is 3.53. The highest BCUT2D eigenvalue weighted by Gasteiger charge is 2.28. The number of anilines is 1. The normalized spacial score (nSPS) is 14.2. The van der Waals surface area contributed by atoms with Crippen molar-refractivity contribution < 1.29 is 22.7 Å². The van der Waals surface area contributed by atoms with Crippen LogP contribution < -0.4 is 14.8 Å². The molecule has 0 atom stereocenters. The summed E-state index contributed by atoms with van der Waals surface area (Å²) < 4.78 is 38.3. The van der Waals surface area contributed by atoms with E-state index in [2.05, 4.69) is 5.32 Å². The van der Waals surface area contributed by atoms with Gasteiger partial charge in [-0.15, -0.1) is 0 Å². The smallest absolute Gasteiger partial charge is 0.259 e. The van der Waals surface area contributed by atoms with E-state index in [1.165, 1.54) is 29.6 Å². The van der Waals surface area contributed by atoms with Gasteiger partial charge in [0.2, 0.25) is 10.0 Å². The number of amides is 1. The minimum Gasteiger partial charge on any atom is -0.496 e. The van der Waals surface area contributed by atoms with E-state index in [1.54, 1.807) is 24.3 Å². The summed E-state index contributed by atoms with van der Waals surface area (Å²) >= 11 is 0. The number of methoxy groups -OCH3 is 1. The largest absolute Gasteiger partial charge is 0.496 e. The van der Waals surface area contributed by atoms with Crippen molar-refractivity contribution >= 4 is 21.6 Å². The van der Waals surface area contributed by atoms with E-state index in [9.17, 15) is 13.2 Å². The van der Waals surface area contributed by atoms with E-state index < -0.39 is 15.9 Å². The van der Waals surface area contributed by atoms with Crippen LogP contribution in [0.1, 0.15) is 23.2 Å². The minimum absolute atomic E-state index is 0.0805. The number of nitrogens with one attached hydrogen (secondary N) is 1. The molecule has 1 amide bonds. The van der Waals surface area contributed by atoms with E-state index in [0.29, 0.717) is 36.0 Å². The highest BCUT2D eigenvalue weighted by Crippen LogP contribution is 2.28. The van der Waals surface area contributed by atoms with Gasteiger partial charge in [-0.1, -0.05) is 18.2 Å². The lowest BCUT2D eigenvalue weighted by Crippen LogP contribution is -2.28. The maximum Gasteiger partial charge on any atom is 0.259 e. The van der Waals surface area contributed by atoms with Gasteiger partial charge < -0.3 is 14.8 Å². The fraction of sp³-hybridized carbons (Fsp3) is 0.208. The average Bonchev–Trinajstić information content (AvgIpc) is 3.36. The van der Waals surface area contributed by atoms with Crippen LogP contribution in [-0.2, 0) is 10.0 Å². The summed E-state index contributed by atoms with van der Waals surface area (Å²) in [5.74, 6) is 1.18. The van der Waals surface area contributed by atoms with Crippen molar-refractivity contribution in [2.24, 2.45) is 0 Å². The summed E-state index contributed by atoms with van der Waals surface area (Å²) in [5.41, 5.74) is 0.697. The molecule has 0 spiro atoms. The molecule has 166 valence electrons. The van der Waals surface area contributed by atoms with Gasteiger partial charge in [0.25, 0.3) is 5.91 Å². The molecule has 0 aromatic heterocycles. The Kier molecular flexibility index (Phi) is 6.43. The zero-order valence-electron chi connectivity index (χ0n) is 17.7. The first-order valence-electron chi connectivity index (χ1n) is 10.3. The van der Waals surface area contributed by atoms with Crippen molar-refractivity contribution in [2.45, 2.75) is 17.7 Å². The maximum absolute atomic E-state index is 12.9. The molecule has 3 aromatic rings. The van der Waals surface area contributed by atoms with Crippen LogP contribution in [0.3, 0.4) is 0 Å². The molecule has 1 aliphatic heterocycles. The number of ether oxygens (including phenoxy) is 2. The molecule has 1 saturated heterocycles. The van der Waals surface area contributed by atoms with Gasteiger partial charge in [-0.25, -0.2) is 8.42 Å². The van der Waals surface area contributed by atoms with Crippen molar-refractivity contribution in [2.75, 3.05) is 25.5 Å². The van der Waals surface area contributed by atoms with Crippen molar-refractivity contribution in [3.05, 3.63) is 78.4 Å². The third kappa shape index (κ3) is 4.76. The quantitative estimate of drug-likeness (QED) is 0.570. The summed E-state index contributed by atoms with van der Waals surface area (Å²) in [7, 11) is -2.21. The summed E-state index contributed by atoms with van der Waals surface area (Å²) in [6.45, 7) is 0.987. The first-order chi connectivity index (χ1) is 15.5. The summed E-state index contributed by atoms with van der Waals surface area (Å²) in [6.07, 6.45) is 1.68. The van der Waals surface area contributed by atoms with Crippen LogP contribution in [0.5, 0.6) is 17.2 Å². The Labute approximate surface area is 187 Å². The van der Waals surface area contributed by atoms with Gasteiger partial charge in [-0.2, -0.15) is 4.31 Å². The lowest BCUT2D eigenvalue weighted by molar-refractivity contribution is 0.102. The number of benzene rings is 3. The Hall–Kier alpha value is -3.36. The van der Waals surface area contributed by atoms with Gasteiger partial charge in [-0.3, -0.25) is 4.79 Å². The predicted octanol–water partition coefficient (Wildman–Crippen LogP) is 4.52. The maximum atomic E-state index is 12.9. The second kappa shape index (κ2) is 9.42. The van der Waals surface area contributed by atoms with E-state index in [-0.39, 0.29) is 10.5 Å². The molecule has 0 radical (unpaired) electrons. The lowest BCUT2D eigenvalue weighted by Gasteiger charge is -2.17. The number of para-hydroxylation sites is 1. The molecule has 1 heterocycles. The molecule has 0 bridgehead atoms. The highest BCUT2D eigenvalue weighted by atomic mass is 32.2. The molecule has 0 aliphatic carbocycles. The summed E-state index contributed by atoms with van der Waals surface area (Å²) in [5, 5.41) is 2.79. The fourth-order valence-corrected chi connectivity index (χ4v) is 5.08. The van der Waals surface area contributed by atoms with Gasteiger partial charge in [-0.05, 0) is 67.4 Å². The number of hydrogen-bond acceptors (Lipinski definition) is 5. The van der Waals surface area contributed by atoms with Crippen molar-refractivity contribution in [1.82, 2.24) is 4.31 Å². The molecule has 1 fully saturated rings. The van der Waals surface area contributed by atoms with Crippen molar-refractivity contribution in [3.63, 3.8) is 0 Å². The molecule has 1 aliphatic rings. The van der Waals surface area contributed by atoms with Gasteiger partial charge in [0.1, 0.15) is 17.2 Å². The Morgan fingerprint density at radius 3 is 2.22 bits per heavy atom. The first-order valence-corrected chi connectivity index (χ1v) is 11.7. The molecule has 7 nitrogen and oxygen atoms in total. The molecule has 1 N–H and O–H groups in total.